The van der Waals surface area contributed by atoms with Gasteiger partial charge in [0, 0.05) is 12.5 Å². The fourth-order valence-electron chi connectivity index (χ4n) is 2.54. The van der Waals surface area contributed by atoms with Crippen molar-refractivity contribution in [3.05, 3.63) is 53.6 Å². The summed E-state index contributed by atoms with van der Waals surface area (Å²) >= 11 is 0. The molecule has 1 aliphatic rings. The van der Waals surface area contributed by atoms with Crippen molar-refractivity contribution in [1.29, 1.82) is 0 Å². The molecule has 0 atom stereocenters. The number of sulfone groups is 2. The predicted octanol–water partition coefficient (Wildman–Crippen LogP) is 1.29. The molecule has 0 aromatic heterocycles. The maximum Gasteiger partial charge on any atom is 0.266 e. The van der Waals surface area contributed by atoms with Crippen LogP contribution in [0.1, 0.15) is 20.7 Å². The maximum atomic E-state index is 12.5. The highest BCUT2D eigenvalue weighted by atomic mass is 32.2. The fraction of sp³-hybridized carbons (Fsp3) is 0.125. The quantitative estimate of drug-likeness (QED) is 0.744. The Morgan fingerprint density at radius 3 is 1.48 bits per heavy atom. The number of anilines is 1. The van der Waals surface area contributed by atoms with Gasteiger partial charge in [-0.15, -0.1) is 0 Å². The molecule has 1 heterocycles. The zero-order chi connectivity index (χ0) is 18.6. The van der Waals surface area contributed by atoms with Crippen LogP contribution in [0.4, 0.5) is 5.69 Å². The highest BCUT2D eigenvalue weighted by Crippen LogP contribution is 2.31. The van der Waals surface area contributed by atoms with Crippen LogP contribution in [-0.4, -0.2) is 41.2 Å². The third-order valence-corrected chi connectivity index (χ3v) is 5.96. The van der Waals surface area contributed by atoms with Gasteiger partial charge < -0.3 is 0 Å². The molecule has 0 radical (unpaired) electrons. The standard InChI is InChI=1S/C16H13NO6S2/c1-24(20,21)11-7-10(8-12(9-11)25(2,22)23)17-15(18)13-5-3-4-6-14(13)16(17)19/h3-9H,1-2H3. The van der Waals surface area contributed by atoms with Crippen LogP contribution >= 0.6 is 0 Å². The minimum atomic E-state index is -3.75. The third-order valence-electron chi connectivity index (χ3n) is 3.77. The minimum Gasteiger partial charge on any atom is -0.268 e. The highest BCUT2D eigenvalue weighted by molar-refractivity contribution is 7.91. The third kappa shape index (κ3) is 2.96. The molecule has 0 aliphatic carbocycles. The van der Waals surface area contributed by atoms with Gasteiger partial charge in [0.15, 0.2) is 19.7 Å². The first kappa shape index (κ1) is 17.3. The van der Waals surface area contributed by atoms with E-state index in [0.717, 1.165) is 35.6 Å². The topological polar surface area (TPSA) is 106 Å². The van der Waals surface area contributed by atoms with Crippen LogP contribution < -0.4 is 4.90 Å². The van der Waals surface area contributed by atoms with Gasteiger partial charge in [-0.3, -0.25) is 9.59 Å². The number of fused-ring (bicyclic) bond motifs is 1. The molecular weight excluding hydrogens is 366 g/mol. The van der Waals surface area contributed by atoms with Crippen molar-refractivity contribution in [2.45, 2.75) is 9.79 Å². The molecular formula is C16H13NO6S2. The Kier molecular flexibility index (Phi) is 3.81. The van der Waals surface area contributed by atoms with Crippen LogP contribution in [0.2, 0.25) is 0 Å². The van der Waals surface area contributed by atoms with Crippen molar-refractivity contribution in [1.82, 2.24) is 0 Å². The van der Waals surface area contributed by atoms with E-state index in [1.807, 2.05) is 0 Å². The number of carbonyl (C=O) groups is 2. The Morgan fingerprint density at radius 1 is 0.720 bits per heavy atom. The fourth-order valence-corrected chi connectivity index (χ4v) is 3.96. The van der Waals surface area contributed by atoms with Gasteiger partial charge in [-0.1, -0.05) is 12.1 Å². The van der Waals surface area contributed by atoms with Crippen LogP contribution in [0, 0.1) is 0 Å². The number of amides is 2. The van der Waals surface area contributed by atoms with Gasteiger partial charge in [-0.25, -0.2) is 21.7 Å². The van der Waals surface area contributed by atoms with Gasteiger partial charge in [0.1, 0.15) is 0 Å². The van der Waals surface area contributed by atoms with Crippen LogP contribution in [0.5, 0.6) is 0 Å². The molecule has 0 saturated heterocycles. The van der Waals surface area contributed by atoms with Gasteiger partial charge in [-0.05, 0) is 30.3 Å². The molecule has 130 valence electrons. The average Bonchev–Trinajstić information content (AvgIpc) is 2.77. The number of rotatable bonds is 3. The molecule has 0 N–H and O–H groups in total. The largest absolute Gasteiger partial charge is 0.268 e. The molecule has 0 unspecified atom stereocenters. The first-order chi connectivity index (χ1) is 11.5. The van der Waals surface area contributed by atoms with E-state index in [4.69, 9.17) is 0 Å². The predicted molar refractivity (Wildman–Crippen MR) is 90.2 cm³/mol. The summed E-state index contributed by atoms with van der Waals surface area (Å²) in [6.45, 7) is 0. The van der Waals surface area contributed by atoms with E-state index in [9.17, 15) is 26.4 Å². The minimum absolute atomic E-state index is 0.102. The second-order valence-electron chi connectivity index (χ2n) is 5.70. The Bertz CT molecular complexity index is 1050. The first-order valence-electron chi connectivity index (χ1n) is 7.03. The van der Waals surface area contributed by atoms with E-state index < -0.39 is 31.5 Å². The molecule has 2 aromatic rings. The molecule has 2 amide bonds. The lowest BCUT2D eigenvalue weighted by Crippen LogP contribution is -2.29. The maximum absolute atomic E-state index is 12.5. The number of benzene rings is 2. The molecule has 2 aromatic carbocycles. The van der Waals surface area contributed by atoms with Crippen LogP contribution in [0.3, 0.4) is 0 Å². The van der Waals surface area contributed by atoms with Crippen molar-refractivity contribution in [3.8, 4) is 0 Å². The first-order valence-corrected chi connectivity index (χ1v) is 10.8. The van der Waals surface area contributed by atoms with E-state index >= 15 is 0 Å². The van der Waals surface area contributed by atoms with E-state index in [-0.39, 0.29) is 26.6 Å². The summed E-state index contributed by atoms with van der Waals surface area (Å²) in [5, 5.41) is 0. The second kappa shape index (κ2) is 5.50. The summed E-state index contributed by atoms with van der Waals surface area (Å²) in [4.78, 5) is 25.3. The van der Waals surface area contributed by atoms with Crippen LogP contribution in [0.15, 0.2) is 52.3 Å². The van der Waals surface area contributed by atoms with Crippen LogP contribution in [-0.2, 0) is 19.7 Å². The zero-order valence-electron chi connectivity index (χ0n) is 13.3. The zero-order valence-corrected chi connectivity index (χ0v) is 14.9. The second-order valence-corrected chi connectivity index (χ2v) is 9.73. The molecule has 0 bridgehead atoms. The van der Waals surface area contributed by atoms with E-state index in [1.54, 1.807) is 12.1 Å². The molecule has 9 heteroatoms. The van der Waals surface area contributed by atoms with Gasteiger partial charge in [-0.2, -0.15) is 0 Å². The SMILES string of the molecule is CS(=O)(=O)c1cc(N2C(=O)c3ccccc3C2=O)cc(S(C)(=O)=O)c1. The lowest BCUT2D eigenvalue weighted by Gasteiger charge is -2.16. The van der Waals surface area contributed by atoms with Gasteiger partial charge in [0.25, 0.3) is 11.8 Å². The summed E-state index contributed by atoms with van der Waals surface area (Å²) in [5.74, 6) is -1.27. The summed E-state index contributed by atoms with van der Waals surface area (Å²) in [6, 6.07) is 9.40. The Morgan fingerprint density at radius 2 is 1.12 bits per heavy atom. The van der Waals surface area contributed by atoms with Gasteiger partial charge in [0.2, 0.25) is 0 Å². The van der Waals surface area contributed by atoms with Crippen molar-refractivity contribution >= 4 is 37.2 Å². The lowest BCUT2D eigenvalue weighted by atomic mass is 10.1. The van der Waals surface area contributed by atoms with Gasteiger partial charge >= 0.3 is 0 Å². The number of hydrogen-bond acceptors (Lipinski definition) is 6. The molecule has 3 rings (SSSR count). The Balaban J connectivity index is 2.25. The van der Waals surface area contributed by atoms with Crippen LogP contribution in [0.25, 0.3) is 0 Å². The molecule has 25 heavy (non-hydrogen) atoms. The lowest BCUT2D eigenvalue weighted by molar-refractivity contribution is 0.0926. The number of nitrogens with zero attached hydrogens (tertiary/aromatic N) is 1. The normalized spacial score (nSPS) is 14.7. The molecule has 7 nitrogen and oxygen atoms in total. The smallest absolute Gasteiger partial charge is 0.266 e. The molecule has 0 spiro atoms. The van der Waals surface area contributed by atoms with E-state index in [1.165, 1.54) is 12.1 Å². The summed E-state index contributed by atoms with van der Waals surface area (Å²) < 4.78 is 47.5. The highest BCUT2D eigenvalue weighted by Gasteiger charge is 2.37. The summed E-state index contributed by atoms with van der Waals surface area (Å²) in [5.41, 5.74) is 0.255. The van der Waals surface area contributed by atoms with Crippen molar-refractivity contribution in [3.63, 3.8) is 0 Å². The Hall–Kier alpha value is -2.52. The summed E-state index contributed by atoms with van der Waals surface area (Å²) in [6.07, 6.45) is 1.83. The average molecular weight is 379 g/mol. The van der Waals surface area contributed by atoms with Gasteiger partial charge in [0.05, 0.1) is 26.6 Å². The molecule has 0 fully saturated rings. The molecule has 1 aliphatic heterocycles. The number of carbonyl (C=O) groups excluding carboxylic acids is 2. The van der Waals surface area contributed by atoms with E-state index in [2.05, 4.69) is 0 Å². The summed E-state index contributed by atoms with van der Waals surface area (Å²) in [7, 11) is -7.51. The van der Waals surface area contributed by atoms with Crippen molar-refractivity contribution in [2.75, 3.05) is 17.4 Å². The van der Waals surface area contributed by atoms with Crippen molar-refractivity contribution in [2.24, 2.45) is 0 Å². The monoisotopic (exact) mass is 379 g/mol. The van der Waals surface area contributed by atoms with Crippen molar-refractivity contribution < 1.29 is 26.4 Å². The number of imide groups is 1. The number of hydrogen-bond donors (Lipinski definition) is 0. The van der Waals surface area contributed by atoms with E-state index in [0.29, 0.717) is 0 Å². The Labute approximate surface area is 144 Å². The molecule has 0 saturated carbocycles.